The molecule has 0 unspecified atom stereocenters. The Morgan fingerprint density at radius 1 is 0.773 bits per heavy atom. The molecule has 0 aliphatic rings. The minimum atomic E-state index is -1.33. The van der Waals surface area contributed by atoms with Gasteiger partial charge < -0.3 is 4.74 Å². The van der Waals surface area contributed by atoms with E-state index in [-0.39, 0.29) is 12.2 Å². The first-order valence-electron chi connectivity index (χ1n) is 8.28. The maximum Gasteiger partial charge on any atom is 0.369 e. The van der Waals surface area contributed by atoms with Gasteiger partial charge in [-0.15, -0.1) is 0 Å². The number of hydrogen-bond acceptors (Lipinski definition) is 6. The minimum Gasteiger partial charge on any atom is -0.462 e. The van der Waals surface area contributed by atoms with Gasteiger partial charge in [0.1, 0.15) is 0 Å². The molecule has 0 aromatic heterocycles. The van der Waals surface area contributed by atoms with E-state index >= 15 is 0 Å². The lowest BCUT2D eigenvalue weighted by atomic mass is 10.1. The first kappa shape index (κ1) is 21.3. The number of carbonyl (C=O) groups is 1. The summed E-state index contributed by atoms with van der Waals surface area (Å²) in [5.41, 5.74) is 0. The van der Waals surface area contributed by atoms with Crippen molar-refractivity contribution in [1.82, 2.24) is 0 Å². The third-order valence-electron chi connectivity index (χ3n) is 2.61. The Morgan fingerprint density at radius 2 is 1.27 bits per heavy atom. The van der Waals surface area contributed by atoms with E-state index in [4.69, 9.17) is 24.3 Å². The molecule has 0 saturated carbocycles. The lowest BCUT2D eigenvalue weighted by molar-refractivity contribution is -0.465. The summed E-state index contributed by atoms with van der Waals surface area (Å²) in [5, 5.41) is 0. The van der Waals surface area contributed by atoms with Gasteiger partial charge >= 0.3 is 12.3 Å². The van der Waals surface area contributed by atoms with Crippen LogP contribution in [-0.2, 0) is 29.1 Å². The van der Waals surface area contributed by atoms with Crippen LogP contribution in [0, 0.1) is 0 Å². The molecule has 0 aliphatic heterocycles. The fraction of sp³-hybridized carbons (Fsp3) is 0.938. The van der Waals surface area contributed by atoms with Gasteiger partial charge in [0, 0.05) is 0 Å². The van der Waals surface area contributed by atoms with Crippen molar-refractivity contribution in [2.75, 3.05) is 6.61 Å². The Bertz CT molecular complexity index is 255. The second kappa shape index (κ2) is 13.9. The average molecular weight is 320 g/mol. The van der Waals surface area contributed by atoms with E-state index in [0.29, 0.717) is 6.61 Å². The van der Waals surface area contributed by atoms with Crippen molar-refractivity contribution in [2.45, 2.75) is 91.6 Å². The molecule has 0 aliphatic carbocycles. The quantitative estimate of drug-likeness (QED) is 0.159. The number of carbonyl (C=O) groups excluding carboxylic acids is 1. The summed E-state index contributed by atoms with van der Waals surface area (Å²) >= 11 is 0. The van der Waals surface area contributed by atoms with E-state index < -0.39 is 12.3 Å². The maximum atomic E-state index is 11.9. The molecule has 0 saturated heterocycles. The van der Waals surface area contributed by atoms with Gasteiger partial charge in [-0.2, -0.15) is 9.78 Å². The second-order valence-electron chi connectivity index (χ2n) is 5.75. The largest absolute Gasteiger partial charge is 0.462 e. The highest BCUT2D eigenvalue weighted by Crippen LogP contribution is 2.08. The van der Waals surface area contributed by atoms with Crippen molar-refractivity contribution >= 4 is 5.97 Å². The molecule has 0 spiro atoms. The molecule has 0 fully saturated rings. The molecular weight excluding hydrogens is 288 g/mol. The van der Waals surface area contributed by atoms with Crippen LogP contribution in [0.1, 0.15) is 73.1 Å². The predicted octanol–water partition coefficient (Wildman–Crippen LogP) is 3.93. The zero-order valence-electron chi connectivity index (χ0n) is 14.6. The van der Waals surface area contributed by atoms with E-state index in [0.717, 1.165) is 19.3 Å². The normalized spacial score (nSPS) is 11.6. The molecule has 132 valence electrons. The van der Waals surface area contributed by atoms with E-state index in [1.807, 2.05) is 0 Å². The summed E-state index contributed by atoms with van der Waals surface area (Å²) < 4.78 is 5.13. The monoisotopic (exact) mass is 320 g/mol. The van der Waals surface area contributed by atoms with Crippen molar-refractivity contribution in [3.63, 3.8) is 0 Å². The summed E-state index contributed by atoms with van der Waals surface area (Å²) in [6.07, 6.45) is 5.01. The lowest BCUT2D eigenvalue weighted by Crippen LogP contribution is -2.32. The van der Waals surface area contributed by atoms with Crippen molar-refractivity contribution in [3.05, 3.63) is 0 Å². The first-order valence-corrected chi connectivity index (χ1v) is 8.28. The summed E-state index contributed by atoms with van der Waals surface area (Å²) in [6.45, 7) is 9.64. The van der Waals surface area contributed by atoms with E-state index in [1.165, 1.54) is 19.3 Å². The van der Waals surface area contributed by atoms with E-state index in [9.17, 15) is 4.79 Å². The molecule has 0 heterocycles. The van der Waals surface area contributed by atoms with Crippen molar-refractivity contribution in [2.24, 2.45) is 0 Å². The molecule has 6 heteroatoms. The van der Waals surface area contributed by atoms with Gasteiger partial charge in [0.05, 0.1) is 18.8 Å². The maximum absolute atomic E-state index is 11.9. The number of unbranched alkanes of at least 4 members (excludes halogenated alkanes) is 5. The molecule has 6 nitrogen and oxygen atoms in total. The van der Waals surface area contributed by atoms with Crippen molar-refractivity contribution in [3.8, 4) is 0 Å². The molecule has 0 atom stereocenters. The minimum absolute atomic E-state index is 0.198. The Kier molecular flexibility index (Phi) is 13.5. The van der Waals surface area contributed by atoms with Gasteiger partial charge in [-0.1, -0.05) is 39.0 Å². The van der Waals surface area contributed by atoms with Crippen LogP contribution in [0.3, 0.4) is 0 Å². The highest BCUT2D eigenvalue weighted by atomic mass is 17.3. The predicted molar refractivity (Wildman–Crippen MR) is 82.7 cm³/mol. The molecule has 0 rings (SSSR count). The number of ether oxygens (including phenoxy) is 1. The highest BCUT2D eigenvalue weighted by Gasteiger charge is 2.25. The molecule has 0 N–H and O–H groups in total. The van der Waals surface area contributed by atoms with Crippen LogP contribution in [0.5, 0.6) is 0 Å². The topological polar surface area (TPSA) is 63.2 Å². The number of hydrogen-bond donors (Lipinski definition) is 0. The number of rotatable bonds is 14. The Balaban J connectivity index is 3.93. The van der Waals surface area contributed by atoms with Crippen molar-refractivity contribution in [1.29, 1.82) is 0 Å². The summed E-state index contributed by atoms with van der Waals surface area (Å²) in [6, 6.07) is 0. The van der Waals surface area contributed by atoms with Gasteiger partial charge in [-0.3, -0.25) is 0 Å². The van der Waals surface area contributed by atoms with Crippen LogP contribution >= 0.6 is 0 Å². The Morgan fingerprint density at radius 3 is 1.77 bits per heavy atom. The second-order valence-corrected chi connectivity index (χ2v) is 5.75. The van der Waals surface area contributed by atoms with Gasteiger partial charge in [-0.25, -0.2) is 14.6 Å². The average Bonchev–Trinajstić information content (AvgIpc) is 2.45. The van der Waals surface area contributed by atoms with E-state index in [2.05, 4.69) is 6.92 Å². The molecule has 0 bridgehead atoms. The summed E-state index contributed by atoms with van der Waals surface area (Å²) in [7, 11) is 0. The molecule has 22 heavy (non-hydrogen) atoms. The third kappa shape index (κ3) is 13.0. The van der Waals surface area contributed by atoms with Gasteiger partial charge in [0.15, 0.2) is 0 Å². The molecule has 0 aromatic carbocycles. The van der Waals surface area contributed by atoms with Crippen LogP contribution < -0.4 is 0 Å². The SMILES string of the molecule is CCCCCCCCOC(=O)C(OOC(C)C)OOC(C)C. The lowest BCUT2D eigenvalue weighted by Gasteiger charge is -2.17. The molecule has 0 radical (unpaired) electrons. The van der Waals surface area contributed by atoms with Crippen LogP contribution in [0.25, 0.3) is 0 Å². The zero-order valence-corrected chi connectivity index (χ0v) is 14.6. The third-order valence-corrected chi connectivity index (χ3v) is 2.61. The van der Waals surface area contributed by atoms with Gasteiger partial charge in [0.2, 0.25) is 0 Å². The van der Waals surface area contributed by atoms with Gasteiger partial charge in [0.25, 0.3) is 0 Å². The Labute approximate surface area is 134 Å². The van der Waals surface area contributed by atoms with Crippen LogP contribution in [0.4, 0.5) is 0 Å². The van der Waals surface area contributed by atoms with Crippen LogP contribution in [-0.4, -0.2) is 31.1 Å². The fourth-order valence-corrected chi connectivity index (χ4v) is 1.54. The van der Waals surface area contributed by atoms with E-state index in [1.54, 1.807) is 27.7 Å². The zero-order chi connectivity index (χ0) is 16.8. The standard InChI is InChI=1S/C16H32O6/c1-6-7-8-9-10-11-12-18-15(17)16(21-19-13(2)3)22-20-14(4)5/h13-14,16H,6-12H2,1-5H3. The van der Waals surface area contributed by atoms with Crippen molar-refractivity contribution < 1.29 is 29.1 Å². The molecule has 0 amide bonds. The van der Waals surface area contributed by atoms with Crippen LogP contribution in [0.2, 0.25) is 0 Å². The smallest absolute Gasteiger partial charge is 0.369 e. The molecule has 0 aromatic rings. The fourth-order valence-electron chi connectivity index (χ4n) is 1.54. The summed E-state index contributed by atoms with van der Waals surface area (Å²) in [4.78, 5) is 31.5. The van der Waals surface area contributed by atoms with Gasteiger partial charge in [-0.05, 0) is 34.1 Å². The first-order chi connectivity index (χ1) is 10.5. The Hall–Kier alpha value is -0.690. The number of esters is 1. The molecular formula is C16H32O6. The summed E-state index contributed by atoms with van der Waals surface area (Å²) in [5.74, 6) is -0.644. The highest BCUT2D eigenvalue weighted by molar-refractivity contribution is 5.72. The van der Waals surface area contributed by atoms with Crippen LogP contribution in [0.15, 0.2) is 0 Å².